The van der Waals surface area contributed by atoms with E-state index < -0.39 is 0 Å². The van der Waals surface area contributed by atoms with Crippen molar-refractivity contribution in [1.29, 1.82) is 0 Å². The first kappa shape index (κ1) is 12.0. The monoisotopic (exact) mass is 291 g/mol. The predicted octanol–water partition coefficient (Wildman–Crippen LogP) is 3.92. The Bertz CT molecular complexity index is 488. The van der Waals surface area contributed by atoms with Crippen LogP contribution >= 0.6 is 15.9 Å². The average Bonchev–Trinajstić information content (AvgIpc) is 2.29. The zero-order valence-electron chi connectivity index (χ0n) is 9.61. The lowest BCUT2D eigenvalue weighted by Gasteiger charge is -2.12. The van der Waals surface area contributed by atoms with E-state index in [0.29, 0.717) is 6.61 Å². The van der Waals surface area contributed by atoms with Crippen LogP contribution in [0.5, 0.6) is 5.75 Å². The summed E-state index contributed by atoms with van der Waals surface area (Å²) in [5.41, 5.74) is 8.67. The van der Waals surface area contributed by atoms with Crippen LogP contribution in [-0.2, 0) is 6.61 Å². The zero-order valence-corrected chi connectivity index (χ0v) is 11.2. The van der Waals surface area contributed by atoms with Crippen LogP contribution in [0.25, 0.3) is 0 Å². The molecule has 2 nitrogen and oxygen atoms in total. The molecule has 2 aromatic rings. The molecule has 2 N–H and O–H groups in total. The molecule has 2 rings (SSSR count). The Hall–Kier alpha value is -1.48. The van der Waals surface area contributed by atoms with E-state index in [4.69, 9.17) is 10.5 Å². The van der Waals surface area contributed by atoms with Crippen molar-refractivity contribution in [2.45, 2.75) is 13.5 Å². The molecule has 3 heteroatoms. The molecule has 0 aromatic heterocycles. The van der Waals surface area contributed by atoms with E-state index >= 15 is 0 Å². The number of aryl methyl sites for hydroxylation is 1. The van der Waals surface area contributed by atoms with Crippen LogP contribution < -0.4 is 10.5 Å². The van der Waals surface area contributed by atoms with Gasteiger partial charge in [0.25, 0.3) is 0 Å². The van der Waals surface area contributed by atoms with E-state index in [9.17, 15) is 0 Å². The lowest BCUT2D eigenvalue weighted by Crippen LogP contribution is -1.98. The van der Waals surface area contributed by atoms with E-state index in [-0.39, 0.29) is 0 Å². The molecule has 0 atom stereocenters. The molecule has 0 aliphatic rings. The highest BCUT2D eigenvalue weighted by Gasteiger charge is 2.06. The van der Waals surface area contributed by atoms with Gasteiger partial charge in [0.2, 0.25) is 0 Å². The number of anilines is 1. The van der Waals surface area contributed by atoms with Gasteiger partial charge in [-0.15, -0.1) is 0 Å². The molecule has 2 aromatic carbocycles. The molecule has 0 spiro atoms. The Morgan fingerprint density at radius 2 is 1.88 bits per heavy atom. The Morgan fingerprint density at radius 3 is 2.53 bits per heavy atom. The summed E-state index contributed by atoms with van der Waals surface area (Å²) in [7, 11) is 0. The molecular formula is C14H14BrNO. The second-order valence-electron chi connectivity index (χ2n) is 3.92. The second-order valence-corrected chi connectivity index (χ2v) is 4.78. The van der Waals surface area contributed by atoms with Gasteiger partial charge in [-0.05, 0) is 46.1 Å². The number of halogens is 1. The predicted molar refractivity (Wildman–Crippen MR) is 74.1 cm³/mol. The minimum atomic E-state index is 0.560. The van der Waals surface area contributed by atoms with Crippen molar-refractivity contribution in [3.05, 3.63) is 58.1 Å². The number of nitrogen functional groups attached to an aromatic ring is 1. The maximum atomic E-state index is 5.81. The molecule has 0 bridgehead atoms. The van der Waals surface area contributed by atoms with Gasteiger partial charge in [0.1, 0.15) is 12.4 Å². The normalized spacial score (nSPS) is 10.2. The maximum absolute atomic E-state index is 5.81. The quantitative estimate of drug-likeness (QED) is 0.870. The standard InChI is InChI=1S/C14H14BrNO/c1-10-7-12(16)8-13(15)14(10)17-9-11-5-3-2-4-6-11/h2-8H,9,16H2,1H3. The van der Waals surface area contributed by atoms with Crippen LogP contribution in [0.1, 0.15) is 11.1 Å². The molecule has 17 heavy (non-hydrogen) atoms. The smallest absolute Gasteiger partial charge is 0.137 e. The summed E-state index contributed by atoms with van der Waals surface area (Å²) in [6, 6.07) is 13.8. The van der Waals surface area contributed by atoms with Gasteiger partial charge in [0.15, 0.2) is 0 Å². The van der Waals surface area contributed by atoms with Gasteiger partial charge >= 0.3 is 0 Å². The molecule has 0 radical (unpaired) electrons. The van der Waals surface area contributed by atoms with E-state index in [1.54, 1.807) is 0 Å². The van der Waals surface area contributed by atoms with Crippen molar-refractivity contribution in [2.24, 2.45) is 0 Å². The van der Waals surface area contributed by atoms with Gasteiger partial charge in [-0.2, -0.15) is 0 Å². The van der Waals surface area contributed by atoms with Gasteiger partial charge in [-0.1, -0.05) is 30.3 Å². The van der Waals surface area contributed by atoms with Gasteiger partial charge in [0, 0.05) is 5.69 Å². The third-order valence-corrected chi connectivity index (χ3v) is 3.07. The fourth-order valence-electron chi connectivity index (χ4n) is 1.67. The SMILES string of the molecule is Cc1cc(N)cc(Br)c1OCc1ccccc1. The third-order valence-electron chi connectivity index (χ3n) is 2.48. The number of nitrogens with two attached hydrogens (primary N) is 1. The van der Waals surface area contributed by atoms with Crippen molar-refractivity contribution in [3.63, 3.8) is 0 Å². The molecule has 0 aliphatic carbocycles. The second kappa shape index (κ2) is 5.23. The van der Waals surface area contributed by atoms with Crippen LogP contribution in [0.3, 0.4) is 0 Å². The van der Waals surface area contributed by atoms with Gasteiger partial charge in [-0.25, -0.2) is 0 Å². The van der Waals surface area contributed by atoms with Crippen LogP contribution in [0.15, 0.2) is 46.9 Å². The molecule has 88 valence electrons. The fourth-order valence-corrected chi connectivity index (χ4v) is 2.36. The zero-order chi connectivity index (χ0) is 12.3. The summed E-state index contributed by atoms with van der Waals surface area (Å²) in [4.78, 5) is 0. The average molecular weight is 292 g/mol. The summed E-state index contributed by atoms with van der Waals surface area (Å²) in [5.74, 6) is 0.850. The highest BCUT2D eigenvalue weighted by molar-refractivity contribution is 9.10. The van der Waals surface area contributed by atoms with E-state index in [1.165, 1.54) is 0 Å². The van der Waals surface area contributed by atoms with E-state index in [1.807, 2.05) is 49.4 Å². The first-order valence-corrected chi connectivity index (χ1v) is 6.18. The number of rotatable bonds is 3. The Labute approximate surface area is 110 Å². The molecule has 0 aliphatic heterocycles. The highest BCUT2D eigenvalue weighted by atomic mass is 79.9. The summed E-state index contributed by atoms with van der Waals surface area (Å²) in [5, 5.41) is 0. The van der Waals surface area contributed by atoms with Crippen molar-refractivity contribution >= 4 is 21.6 Å². The first-order valence-electron chi connectivity index (χ1n) is 5.39. The maximum Gasteiger partial charge on any atom is 0.137 e. The largest absolute Gasteiger partial charge is 0.487 e. The Morgan fingerprint density at radius 1 is 1.18 bits per heavy atom. The third kappa shape index (κ3) is 3.01. The minimum Gasteiger partial charge on any atom is -0.487 e. The van der Waals surface area contributed by atoms with E-state index in [2.05, 4.69) is 15.9 Å². The number of hydrogen-bond donors (Lipinski definition) is 1. The molecule has 0 amide bonds. The van der Waals surface area contributed by atoms with Gasteiger partial charge < -0.3 is 10.5 Å². The molecule has 0 saturated carbocycles. The molecule has 0 saturated heterocycles. The molecule has 0 unspecified atom stereocenters. The summed E-state index contributed by atoms with van der Waals surface area (Å²) < 4.78 is 6.70. The van der Waals surface area contributed by atoms with Crippen molar-refractivity contribution in [3.8, 4) is 5.75 Å². The van der Waals surface area contributed by atoms with Gasteiger partial charge in [0.05, 0.1) is 4.47 Å². The summed E-state index contributed by atoms with van der Waals surface area (Å²) in [6.45, 7) is 2.55. The number of benzene rings is 2. The minimum absolute atomic E-state index is 0.560. The summed E-state index contributed by atoms with van der Waals surface area (Å²) in [6.07, 6.45) is 0. The Balaban J connectivity index is 2.15. The molecule has 0 fully saturated rings. The van der Waals surface area contributed by atoms with Crippen LogP contribution in [0.2, 0.25) is 0 Å². The molecule has 0 heterocycles. The van der Waals surface area contributed by atoms with Crippen LogP contribution in [0, 0.1) is 6.92 Å². The van der Waals surface area contributed by atoms with Crippen LogP contribution in [0.4, 0.5) is 5.69 Å². The Kier molecular flexibility index (Phi) is 3.69. The van der Waals surface area contributed by atoms with Gasteiger partial charge in [-0.3, -0.25) is 0 Å². The first-order chi connectivity index (χ1) is 8.16. The molecular weight excluding hydrogens is 278 g/mol. The topological polar surface area (TPSA) is 35.2 Å². The van der Waals surface area contributed by atoms with Crippen molar-refractivity contribution in [2.75, 3.05) is 5.73 Å². The van der Waals surface area contributed by atoms with Crippen molar-refractivity contribution < 1.29 is 4.74 Å². The lowest BCUT2D eigenvalue weighted by molar-refractivity contribution is 0.302. The van der Waals surface area contributed by atoms with Crippen LogP contribution in [-0.4, -0.2) is 0 Å². The summed E-state index contributed by atoms with van der Waals surface area (Å²) >= 11 is 3.47. The lowest BCUT2D eigenvalue weighted by atomic mass is 10.2. The highest BCUT2D eigenvalue weighted by Crippen LogP contribution is 2.31. The van der Waals surface area contributed by atoms with E-state index in [0.717, 1.165) is 27.0 Å². The number of hydrogen-bond acceptors (Lipinski definition) is 2. The number of ether oxygens (including phenoxy) is 1. The fraction of sp³-hybridized carbons (Fsp3) is 0.143. The van der Waals surface area contributed by atoms with Crippen molar-refractivity contribution in [1.82, 2.24) is 0 Å².